The van der Waals surface area contributed by atoms with Crippen molar-refractivity contribution in [2.24, 2.45) is 0 Å². The van der Waals surface area contributed by atoms with Gasteiger partial charge in [-0.3, -0.25) is 14.9 Å². The predicted molar refractivity (Wildman–Crippen MR) is 70.4 cm³/mol. The van der Waals surface area contributed by atoms with Crippen molar-refractivity contribution >= 4 is 18.9 Å². The highest BCUT2D eigenvalue weighted by Crippen LogP contribution is 2.34. The molecule has 0 aliphatic rings. The third kappa shape index (κ3) is 3.73. The van der Waals surface area contributed by atoms with Gasteiger partial charge in [-0.1, -0.05) is 12.1 Å². The number of hydrogen-bond donors (Lipinski definition) is 3. The van der Waals surface area contributed by atoms with Crippen LogP contribution in [0.25, 0.3) is 0 Å². The topological polar surface area (TPSA) is 82.5 Å². The van der Waals surface area contributed by atoms with Crippen LogP contribution in [0.1, 0.15) is 16.6 Å². The van der Waals surface area contributed by atoms with Crippen LogP contribution in [0.5, 0.6) is 0 Å². The Morgan fingerprint density at radius 3 is 2.72 bits per heavy atom. The average molecular weight is 284 g/mol. The lowest BCUT2D eigenvalue weighted by molar-refractivity contribution is 0.365. The Hall–Kier alpha value is -1.04. The summed E-state index contributed by atoms with van der Waals surface area (Å²) in [5.74, 6) is 0. The van der Waals surface area contributed by atoms with E-state index >= 15 is 0 Å². The molecule has 7 heteroatoms. The van der Waals surface area contributed by atoms with Crippen LogP contribution in [0, 0.1) is 0 Å². The summed E-state index contributed by atoms with van der Waals surface area (Å²) in [6.07, 6.45) is 1.29. The first-order chi connectivity index (χ1) is 8.56. The van der Waals surface area contributed by atoms with E-state index in [-0.39, 0.29) is 12.3 Å². The zero-order chi connectivity index (χ0) is 13.0. The number of thiophene rings is 1. The second-order valence-corrected chi connectivity index (χ2v) is 6.35. The quantitative estimate of drug-likeness (QED) is 0.731. The molecule has 0 amide bonds. The Morgan fingerprint density at radius 1 is 1.33 bits per heavy atom. The lowest BCUT2D eigenvalue weighted by atomic mass is 10.1. The maximum Gasteiger partial charge on any atom is 0.339 e. The van der Waals surface area contributed by atoms with Crippen LogP contribution >= 0.6 is 18.9 Å². The van der Waals surface area contributed by atoms with Crippen molar-refractivity contribution in [2.75, 3.05) is 6.29 Å². The van der Waals surface area contributed by atoms with Gasteiger partial charge in [0.1, 0.15) is 0 Å². The van der Waals surface area contributed by atoms with Gasteiger partial charge < -0.3 is 9.79 Å². The predicted octanol–water partition coefficient (Wildman–Crippen LogP) is 1.96. The monoisotopic (exact) mass is 284 g/mol. The molecule has 1 unspecified atom stereocenters. The van der Waals surface area contributed by atoms with Gasteiger partial charge in [0.15, 0.2) is 0 Å². The summed E-state index contributed by atoms with van der Waals surface area (Å²) in [7, 11) is -4.08. The summed E-state index contributed by atoms with van der Waals surface area (Å²) in [5, 5.41) is 4.78. The summed E-state index contributed by atoms with van der Waals surface area (Å²) >= 11 is 1.52. The Balaban J connectivity index is 2.22. The van der Waals surface area contributed by atoms with Gasteiger partial charge in [-0.2, -0.15) is 0 Å². The van der Waals surface area contributed by atoms with E-state index in [0.29, 0.717) is 0 Å². The fraction of sp³-hybridized carbons (Fsp3) is 0.182. The van der Waals surface area contributed by atoms with Gasteiger partial charge in [0, 0.05) is 11.1 Å². The molecular weight excluding hydrogens is 271 g/mol. The maximum atomic E-state index is 11.0. The third-order valence-electron chi connectivity index (χ3n) is 2.31. The zero-order valence-electron chi connectivity index (χ0n) is 9.43. The van der Waals surface area contributed by atoms with Crippen molar-refractivity contribution in [1.82, 2.24) is 10.3 Å². The van der Waals surface area contributed by atoms with Crippen LogP contribution in [-0.2, 0) is 4.57 Å². The van der Waals surface area contributed by atoms with Crippen LogP contribution in [0.2, 0.25) is 0 Å². The molecule has 3 N–H and O–H groups in total. The first kappa shape index (κ1) is 13.4. The minimum absolute atomic E-state index is 0.293. The standard InChI is InChI=1S/C11H13N2O3PS/c14-17(15,16)8-13-11(10-5-3-7-18-10)9-4-1-2-6-12-9/h1-7,11,13H,8H2,(H2,14,15,16). The molecule has 2 heterocycles. The largest absolute Gasteiger partial charge is 0.339 e. The Labute approximate surface area is 109 Å². The third-order valence-corrected chi connectivity index (χ3v) is 3.84. The molecule has 0 aliphatic heterocycles. The van der Waals surface area contributed by atoms with Crippen LogP contribution in [-0.4, -0.2) is 21.1 Å². The van der Waals surface area contributed by atoms with Crippen molar-refractivity contribution in [2.45, 2.75) is 6.04 Å². The summed E-state index contributed by atoms with van der Waals surface area (Å²) in [4.78, 5) is 23.1. The number of aromatic nitrogens is 1. The van der Waals surface area contributed by atoms with Gasteiger partial charge in [0.25, 0.3) is 0 Å². The fourth-order valence-corrected chi connectivity index (χ4v) is 2.80. The minimum atomic E-state index is -4.08. The number of pyridine rings is 1. The van der Waals surface area contributed by atoms with Gasteiger partial charge in [-0.25, -0.2) is 0 Å². The van der Waals surface area contributed by atoms with E-state index < -0.39 is 7.60 Å². The van der Waals surface area contributed by atoms with Gasteiger partial charge in [0.05, 0.1) is 18.0 Å². The Kier molecular flexibility index (Phi) is 4.27. The highest BCUT2D eigenvalue weighted by molar-refractivity contribution is 7.51. The number of rotatable bonds is 5. The molecule has 0 bridgehead atoms. The van der Waals surface area contributed by atoms with E-state index in [9.17, 15) is 4.57 Å². The summed E-state index contributed by atoms with van der Waals surface area (Å²) in [5.41, 5.74) is 0.744. The first-order valence-corrected chi connectivity index (χ1v) is 7.96. The molecule has 0 aliphatic carbocycles. The van der Waals surface area contributed by atoms with Gasteiger partial charge >= 0.3 is 7.60 Å². The summed E-state index contributed by atoms with van der Waals surface area (Å²) < 4.78 is 11.0. The summed E-state index contributed by atoms with van der Waals surface area (Å²) in [6, 6.07) is 9.00. The van der Waals surface area contributed by atoms with E-state index in [1.807, 2.05) is 29.6 Å². The van der Waals surface area contributed by atoms with Gasteiger partial charge in [-0.15, -0.1) is 11.3 Å². The number of nitrogens with one attached hydrogen (secondary N) is 1. The second kappa shape index (κ2) is 5.73. The molecule has 18 heavy (non-hydrogen) atoms. The van der Waals surface area contributed by atoms with Crippen molar-refractivity contribution in [3.05, 3.63) is 52.5 Å². The SMILES string of the molecule is O=P(O)(O)CNC(c1ccccn1)c1cccs1. The molecule has 0 saturated carbocycles. The molecular formula is C11H13N2O3PS. The van der Waals surface area contributed by atoms with E-state index in [1.165, 1.54) is 11.3 Å². The highest BCUT2D eigenvalue weighted by Gasteiger charge is 2.20. The number of hydrogen-bond acceptors (Lipinski definition) is 4. The van der Waals surface area contributed by atoms with Crippen LogP contribution < -0.4 is 5.32 Å². The normalized spacial score (nSPS) is 13.4. The molecule has 2 aromatic heterocycles. The van der Waals surface area contributed by atoms with Crippen molar-refractivity contribution < 1.29 is 14.4 Å². The van der Waals surface area contributed by atoms with Crippen molar-refractivity contribution in [3.8, 4) is 0 Å². The fourth-order valence-electron chi connectivity index (χ4n) is 1.56. The molecule has 0 fully saturated rings. The maximum absolute atomic E-state index is 11.0. The number of nitrogens with zero attached hydrogens (tertiary/aromatic N) is 1. The van der Waals surface area contributed by atoms with E-state index in [4.69, 9.17) is 9.79 Å². The molecule has 0 saturated heterocycles. The van der Waals surface area contributed by atoms with Gasteiger partial charge in [0.2, 0.25) is 0 Å². The van der Waals surface area contributed by atoms with Crippen LogP contribution in [0.3, 0.4) is 0 Å². The average Bonchev–Trinajstić information content (AvgIpc) is 2.83. The Morgan fingerprint density at radius 2 is 2.17 bits per heavy atom. The lowest BCUT2D eigenvalue weighted by Gasteiger charge is -2.17. The highest BCUT2D eigenvalue weighted by atomic mass is 32.1. The van der Waals surface area contributed by atoms with Crippen LogP contribution in [0.15, 0.2) is 41.9 Å². The minimum Gasteiger partial charge on any atom is -0.324 e. The molecule has 1 atom stereocenters. The van der Waals surface area contributed by atoms with Gasteiger partial charge in [-0.05, 0) is 23.6 Å². The molecule has 2 rings (SSSR count). The molecule has 0 spiro atoms. The zero-order valence-corrected chi connectivity index (χ0v) is 11.1. The van der Waals surface area contributed by atoms with E-state index in [2.05, 4.69) is 10.3 Å². The second-order valence-electron chi connectivity index (χ2n) is 3.73. The van der Waals surface area contributed by atoms with Crippen LogP contribution in [0.4, 0.5) is 0 Å². The first-order valence-electron chi connectivity index (χ1n) is 5.28. The molecule has 2 aromatic rings. The van der Waals surface area contributed by atoms with Crippen molar-refractivity contribution in [3.63, 3.8) is 0 Å². The smallest absolute Gasteiger partial charge is 0.324 e. The molecule has 5 nitrogen and oxygen atoms in total. The van der Waals surface area contributed by atoms with E-state index in [1.54, 1.807) is 12.3 Å². The summed E-state index contributed by atoms with van der Waals surface area (Å²) in [6.45, 7) is 0. The molecule has 0 radical (unpaired) electrons. The molecule has 0 aromatic carbocycles. The molecule has 96 valence electrons. The lowest BCUT2D eigenvalue weighted by Crippen LogP contribution is -2.23. The van der Waals surface area contributed by atoms with E-state index in [0.717, 1.165) is 10.6 Å². The Bertz CT molecular complexity index is 526. The van der Waals surface area contributed by atoms with Crippen molar-refractivity contribution in [1.29, 1.82) is 0 Å².